The summed E-state index contributed by atoms with van der Waals surface area (Å²) in [5.74, 6) is -1.58. The summed E-state index contributed by atoms with van der Waals surface area (Å²) in [5.41, 5.74) is 1.23. The Morgan fingerprint density at radius 1 is 0.933 bits per heavy atom. The van der Waals surface area contributed by atoms with Crippen LogP contribution < -0.4 is 10.0 Å². The Morgan fingerprint density at radius 3 is 2.27 bits per heavy atom. The summed E-state index contributed by atoms with van der Waals surface area (Å²) in [5, 5.41) is 3.20. The number of rotatable bonds is 7. The molecular weight excluding hydrogens is 450 g/mol. The van der Waals surface area contributed by atoms with Gasteiger partial charge in [0.2, 0.25) is 10.0 Å². The zero-order valence-electron chi connectivity index (χ0n) is 15.5. The van der Waals surface area contributed by atoms with Crippen LogP contribution in [0.15, 0.2) is 71.6 Å². The highest BCUT2D eigenvalue weighted by Gasteiger charge is 2.21. The predicted octanol–water partition coefficient (Wildman–Crippen LogP) is 4.91. The van der Waals surface area contributed by atoms with E-state index in [1.54, 1.807) is 0 Å². The standard InChI is InChI=1S/C21H17Cl2FN2O3S/c22-16-11-17(23)13-18(12-16)26-21(27)15-6-7-19(24)20(10-15)30(28,29)25-9-8-14-4-2-1-3-5-14/h1-7,10-13,25H,8-9H2,(H,26,27). The van der Waals surface area contributed by atoms with Crippen molar-refractivity contribution in [2.45, 2.75) is 11.3 Å². The Kier molecular flexibility index (Phi) is 7.10. The average molecular weight is 467 g/mol. The number of sulfonamides is 1. The lowest BCUT2D eigenvalue weighted by molar-refractivity contribution is 0.102. The van der Waals surface area contributed by atoms with Gasteiger partial charge in [0, 0.05) is 27.8 Å². The molecule has 0 saturated heterocycles. The molecule has 0 bridgehead atoms. The number of carbonyl (C=O) groups excluding carboxylic acids is 1. The lowest BCUT2D eigenvalue weighted by atomic mass is 10.2. The van der Waals surface area contributed by atoms with E-state index in [1.165, 1.54) is 24.3 Å². The molecule has 2 N–H and O–H groups in total. The summed E-state index contributed by atoms with van der Waals surface area (Å²) in [4.78, 5) is 11.9. The largest absolute Gasteiger partial charge is 0.322 e. The Bertz CT molecular complexity index is 1150. The lowest BCUT2D eigenvalue weighted by Gasteiger charge is -2.10. The smallest absolute Gasteiger partial charge is 0.255 e. The van der Waals surface area contributed by atoms with Crippen molar-refractivity contribution in [3.8, 4) is 0 Å². The van der Waals surface area contributed by atoms with Crippen LogP contribution in [0.2, 0.25) is 10.0 Å². The SMILES string of the molecule is O=C(Nc1cc(Cl)cc(Cl)c1)c1ccc(F)c(S(=O)(=O)NCCc2ccccc2)c1. The first-order valence-electron chi connectivity index (χ1n) is 8.85. The minimum absolute atomic E-state index is 0.0315. The summed E-state index contributed by atoms with van der Waals surface area (Å²) in [6.07, 6.45) is 0.442. The minimum atomic E-state index is -4.15. The predicted molar refractivity (Wildman–Crippen MR) is 116 cm³/mol. The maximum Gasteiger partial charge on any atom is 0.255 e. The Labute approximate surface area is 183 Å². The van der Waals surface area contributed by atoms with Crippen molar-refractivity contribution in [3.05, 3.63) is 93.7 Å². The number of hydrogen-bond acceptors (Lipinski definition) is 3. The topological polar surface area (TPSA) is 75.3 Å². The molecular formula is C21H17Cl2FN2O3S. The minimum Gasteiger partial charge on any atom is -0.322 e. The fourth-order valence-corrected chi connectivity index (χ4v) is 4.39. The van der Waals surface area contributed by atoms with E-state index in [0.717, 1.165) is 17.7 Å². The van der Waals surface area contributed by atoms with E-state index in [4.69, 9.17) is 23.2 Å². The van der Waals surface area contributed by atoms with Gasteiger partial charge in [-0.3, -0.25) is 4.79 Å². The van der Waals surface area contributed by atoms with Gasteiger partial charge >= 0.3 is 0 Å². The monoisotopic (exact) mass is 466 g/mol. The molecule has 1 amide bonds. The van der Waals surface area contributed by atoms with Crippen LogP contribution in [-0.4, -0.2) is 20.9 Å². The first kappa shape index (κ1) is 22.2. The van der Waals surface area contributed by atoms with Crippen LogP contribution in [0.5, 0.6) is 0 Å². The van der Waals surface area contributed by atoms with E-state index < -0.39 is 26.6 Å². The van der Waals surface area contributed by atoms with Crippen molar-refractivity contribution in [2.75, 3.05) is 11.9 Å². The van der Waals surface area contributed by atoms with Gasteiger partial charge in [-0.2, -0.15) is 0 Å². The fraction of sp³-hybridized carbons (Fsp3) is 0.0952. The fourth-order valence-electron chi connectivity index (χ4n) is 2.73. The third-order valence-corrected chi connectivity index (χ3v) is 6.06. The molecule has 0 aliphatic rings. The van der Waals surface area contributed by atoms with Crippen molar-refractivity contribution in [3.63, 3.8) is 0 Å². The van der Waals surface area contributed by atoms with Gasteiger partial charge in [0.15, 0.2) is 0 Å². The molecule has 0 saturated carbocycles. The number of hydrogen-bond donors (Lipinski definition) is 2. The second kappa shape index (κ2) is 9.57. The van der Waals surface area contributed by atoms with E-state index in [-0.39, 0.29) is 12.1 Å². The molecule has 9 heteroatoms. The summed E-state index contributed by atoms with van der Waals surface area (Å²) < 4.78 is 41.7. The van der Waals surface area contributed by atoms with Crippen molar-refractivity contribution in [1.29, 1.82) is 0 Å². The van der Waals surface area contributed by atoms with Gasteiger partial charge in [-0.05, 0) is 48.4 Å². The number of carbonyl (C=O) groups is 1. The number of amides is 1. The van der Waals surface area contributed by atoms with Gasteiger partial charge in [-0.15, -0.1) is 0 Å². The van der Waals surface area contributed by atoms with Gasteiger partial charge in [0.1, 0.15) is 10.7 Å². The molecule has 0 spiro atoms. The third-order valence-electron chi connectivity index (χ3n) is 4.15. The number of nitrogens with one attached hydrogen (secondary N) is 2. The van der Waals surface area contributed by atoms with Crippen LogP contribution in [0, 0.1) is 5.82 Å². The van der Waals surface area contributed by atoms with Crippen molar-refractivity contribution < 1.29 is 17.6 Å². The molecule has 0 fully saturated rings. The van der Waals surface area contributed by atoms with Crippen LogP contribution in [0.1, 0.15) is 15.9 Å². The molecule has 30 heavy (non-hydrogen) atoms. The second-order valence-electron chi connectivity index (χ2n) is 6.39. The third kappa shape index (κ3) is 5.79. The molecule has 0 radical (unpaired) electrons. The summed E-state index contributed by atoms with van der Waals surface area (Å²) >= 11 is 11.8. The molecule has 3 aromatic carbocycles. The maximum atomic E-state index is 14.2. The van der Waals surface area contributed by atoms with E-state index in [0.29, 0.717) is 22.2 Å². The van der Waals surface area contributed by atoms with Crippen LogP contribution in [-0.2, 0) is 16.4 Å². The molecule has 0 aromatic heterocycles. The van der Waals surface area contributed by atoms with Crippen molar-refractivity contribution >= 4 is 44.8 Å². The van der Waals surface area contributed by atoms with Gasteiger partial charge < -0.3 is 5.32 Å². The second-order valence-corrected chi connectivity index (χ2v) is 9.00. The first-order chi connectivity index (χ1) is 14.2. The highest BCUT2D eigenvalue weighted by Crippen LogP contribution is 2.23. The highest BCUT2D eigenvalue weighted by atomic mass is 35.5. The van der Waals surface area contributed by atoms with Gasteiger partial charge in [-0.1, -0.05) is 53.5 Å². The molecule has 0 unspecified atom stereocenters. The van der Waals surface area contributed by atoms with Gasteiger partial charge in [0.05, 0.1) is 0 Å². The van der Waals surface area contributed by atoms with E-state index in [9.17, 15) is 17.6 Å². The highest BCUT2D eigenvalue weighted by molar-refractivity contribution is 7.89. The first-order valence-corrected chi connectivity index (χ1v) is 11.1. The average Bonchev–Trinajstić information content (AvgIpc) is 2.68. The molecule has 5 nitrogen and oxygen atoms in total. The quantitative estimate of drug-likeness (QED) is 0.519. The van der Waals surface area contributed by atoms with Crippen LogP contribution >= 0.6 is 23.2 Å². The Morgan fingerprint density at radius 2 is 1.60 bits per heavy atom. The molecule has 0 heterocycles. The molecule has 156 valence electrons. The van der Waals surface area contributed by atoms with Gasteiger partial charge in [0.25, 0.3) is 5.91 Å². The lowest BCUT2D eigenvalue weighted by Crippen LogP contribution is -2.27. The molecule has 0 aliphatic carbocycles. The van der Waals surface area contributed by atoms with Crippen molar-refractivity contribution in [2.24, 2.45) is 0 Å². The zero-order valence-corrected chi connectivity index (χ0v) is 17.9. The van der Waals surface area contributed by atoms with Gasteiger partial charge in [-0.25, -0.2) is 17.5 Å². The van der Waals surface area contributed by atoms with Crippen LogP contribution in [0.25, 0.3) is 0 Å². The molecule has 3 aromatic rings. The van der Waals surface area contributed by atoms with E-state index in [2.05, 4.69) is 10.0 Å². The summed E-state index contributed by atoms with van der Waals surface area (Å²) in [6.45, 7) is 0.0865. The van der Waals surface area contributed by atoms with E-state index >= 15 is 0 Å². The number of benzene rings is 3. The normalized spacial score (nSPS) is 11.3. The molecule has 0 atom stereocenters. The van der Waals surface area contributed by atoms with Crippen molar-refractivity contribution in [1.82, 2.24) is 4.72 Å². The maximum absolute atomic E-state index is 14.2. The number of anilines is 1. The summed E-state index contributed by atoms with van der Waals surface area (Å²) in [6, 6.07) is 16.9. The zero-order chi connectivity index (χ0) is 21.7. The Hall–Kier alpha value is -2.45. The van der Waals surface area contributed by atoms with E-state index in [1.807, 2.05) is 30.3 Å². The summed E-state index contributed by atoms with van der Waals surface area (Å²) in [7, 11) is -4.15. The van der Waals surface area contributed by atoms with Crippen LogP contribution in [0.3, 0.4) is 0 Å². The molecule has 0 aliphatic heterocycles. The Balaban J connectivity index is 1.75. The molecule has 3 rings (SSSR count). The number of halogens is 3. The van der Waals surface area contributed by atoms with Crippen LogP contribution in [0.4, 0.5) is 10.1 Å².